The average molecular weight is 466 g/mol. The molecule has 1 aliphatic heterocycles. The third-order valence-electron chi connectivity index (χ3n) is 4.82. The number of amides is 3. The van der Waals surface area contributed by atoms with Gasteiger partial charge < -0.3 is 10.1 Å². The second-order valence-electron chi connectivity index (χ2n) is 6.77. The minimum atomic E-state index is -0.456. The van der Waals surface area contributed by atoms with Gasteiger partial charge in [0.25, 0.3) is 17.7 Å². The number of fused-ring (bicyclic) bond motifs is 1. The van der Waals surface area contributed by atoms with Gasteiger partial charge in [0.05, 0.1) is 34.5 Å². The minimum absolute atomic E-state index is 0.0467. The number of nitrogens with zero attached hydrogens (tertiary/aromatic N) is 1. The fourth-order valence-corrected chi connectivity index (χ4v) is 3.76. The third kappa shape index (κ3) is 3.93. The molecule has 0 bridgehead atoms. The number of nitrogens with one attached hydrogen (secondary N) is 2. The quantitative estimate of drug-likeness (QED) is 0.442. The van der Waals surface area contributed by atoms with Crippen molar-refractivity contribution < 1.29 is 19.1 Å². The monoisotopic (exact) mass is 465 g/mol. The van der Waals surface area contributed by atoms with E-state index in [9.17, 15) is 14.4 Å². The number of methoxy groups -OCH3 is 1. The summed E-state index contributed by atoms with van der Waals surface area (Å²) >= 11 is 11.3. The predicted octanol–water partition coefficient (Wildman–Crippen LogP) is 4.28. The molecule has 1 heterocycles. The molecule has 4 rings (SSSR count). The number of benzene rings is 3. The van der Waals surface area contributed by atoms with E-state index in [1.54, 1.807) is 66.7 Å². The first kappa shape index (κ1) is 21.5. The molecule has 0 radical (unpaired) electrons. The van der Waals surface area contributed by atoms with Crippen molar-refractivity contribution in [2.45, 2.75) is 0 Å². The van der Waals surface area contributed by atoms with Crippen molar-refractivity contribution in [1.82, 2.24) is 5.32 Å². The lowest BCUT2D eigenvalue weighted by molar-refractivity contribution is 0.0922. The first-order valence-corrected chi connectivity index (χ1v) is 10.2. The Labute approximate surface area is 193 Å². The summed E-state index contributed by atoms with van der Waals surface area (Å²) in [6.45, 7) is 0. The standard InChI is InChI=1S/C23H16ClN3O4S/c1-31-19-12-13(25-23(32)26-20(28)16-8-4-5-9-17(16)24)10-11-18(19)27-21(29)14-6-2-3-7-15(14)22(27)30/h2-12H,1H3,(H2,25,26,28,32). The molecule has 3 aromatic carbocycles. The minimum Gasteiger partial charge on any atom is -0.494 e. The first-order valence-electron chi connectivity index (χ1n) is 9.43. The van der Waals surface area contributed by atoms with Crippen LogP contribution < -0.4 is 20.3 Å². The van der Waals surface area contributed by atoms with E-state index in [1.165, 1.54) is 7.11 Å². The number of halogens is 1. The van der Waals surface area contributed by atoms with Crippen LogP contribution in [-0.4, -0.2) is 29.9 Å². The van der Waals surface area contributed by atoms with E-state index in [2.05, 4.69) is 10.6 Å². The smallest absolute Gasteiger partial charge is 0.266 e. The maximum absolute atomic E-state index is 12.8. The highest BCUT2D eigenvalue weighted by atomic mass is 35.5. The molecule has 0 saturated carbocycles. The van der Waals surface area contributed by atoms with E-state index in [1.807, 2.05) is 0 Å². The molecule has 0 saturated heterocycles. The normalized spacial score (nSPS) is 12.4. The lowest BCUT2D eigenvalue weighted by Gasteiger charge is -2.19. The number of imide groups is 1. The lowest BCUT2D eigenvalue weighted by Crippen LogP contribution is -2.34. The number of anilines is 2. The number of carbonyl (C=O) groups is 3. The summed E-state index contributed by atoms with van der Waals surface area (Å²) in [5, 5.41) is 5.79. The fraction of sp³-hybridized carbons (Fsp3) is 0.0435. The van der Waals surface area contributed by atoms with Crippen LogP contribution in [-0.2, 0) is 0 Å². The largest absolute Gasteiger partial charge is 0.494 e. The average Bonchev–Trinajstić information content (AvgIpc) is 3.04. The summed E-state index contributed by atoms with van der Waals surface area (Å²) < 4.78 is 5.41. The van der Waals surface area contributed by atoms with Gasteiger partial charge in [-0.2, -0.15) is 0 Å². The van der Waals surface area contributed by atoms with E-state index in [-0.39, 0.29) is 16.4 Å². The highest BCUT2D eigenvalue weighted by Crippen LogP contribution is 2.36. The van der Waals surface area contributed by atoms with Crippen LogP contribution in [0.2, 0.25) is 5.02 Å². The van der Waals surface area contributed by atoms with Crippen molar-refractivity contribution in [2.75, 3.05) is 17.3 Å². The van der Waals surface area contributed by atoms with Crippen LogP contribution in [0, 0.1) is 0 Å². The molecule has 0 atom stereocenters. The van der Waals surface area contributed by atoms with Crippen LogP contribution >= 0.6 is 23.8 Å². The van der Waals surface area contributed by atoms with E-state index in [0.29, 0.717) is 27.5 Å². The molecule has 0 aliphatic carbocycles. The Hall–Kier alpha value is -3.75. The summed E-state index contributed by atoms with van der Waals surface area (Å²) in [4.78, 5) is 39.0. The van der Waals surface area contributed by atoms with Gasteiger partial charge in [0.2, 0.25) is 0 Å². The molecule has 32 heavy (non-hydrogen) atoms. The molecule has 3 aromatic rings. The van der Waals surface area contributed by atoms with E-state index in [0.717, 1.165) is 4.90 Å². The SMILES string of the molecule is COc1cc(NC(=S)NC(=O)c2ccccc2Cl)ccc1N1C(=O)c2ccccc2C1=O. The fourth-order valence-electron chi connectivity index (χ4n) is 3.33. The molecule has 0 fully saturated rings. The first-order chi connectivity index (χ1) is 15.4. The van der Waals surface area contributed by atoms with Crippen molar-refractivity contribution in [1.29, 1.82) is 0 Å². The van der Waals surface area contributed by atoms with Crippen molar-refractivity contribution >= 4 is 58.0 Å². The van der Waals surface area contributed by atoms with Gasteiger partial charge in [0.15, 0.2) is 5.11 Å². The molecular formula is C23H16ClN3O4S. The van der Waals surface area contributed by atoms with Crippen molar-refractivity contribution in [3.05, 3.63) is 88.4 Å². The number of ether oxygens (including phenoxy) is 1. The number of rotatable bonds is 4. The van der Waals surface area contributed by atoms with Gasteiger partial charge in [-0.25, -0.2) is 4.90 Å². The molecule has 0 aromatic heterocycles. The van der Waals surface area contributed by atoms with Gasteiger partial charge in [0.1, 0.15) is 5.75 Å². The van der Waals surface area contributed by atoms with Gasteiger partial charge in [-0.15, -0.1) is 0 Å². The Bertz CT molecular complexity index is 1240. The zero-order chi connectivity index (χ0) is 22.8. The molecule has 1 aliphatic rings. The molecule has 0 spiro atoms. The third-order valence-corrected chi connectivity index (χ3v) is 5.35. The lowest BCUT2D eigenvalue weighted by atomic mass is 10.1. The van der Waals surface area contributed by atoms with E-state index < -0.39 is 17.7 Å². The Kier molecular flexibility index (Phi) is 5.89. The highest BCUT2D eigenvalue weighted by molar-refractivity contribution is 7.80. The van der Waals surface area contributed by atoms with Gasteiger partial charge in [-0.1, -0.05) is 35.9 Å². The Morgan fingerprint density at radius 2 is 1.59 bits per heavy atom. The second-order valence-corrected chi connectivity index (χ2v) is 7.58. The zero-order valence-corrected chi connectivity index (χ0v) is 18.3. The zero-order valence-electron chi connectivity index (χ0n) is 16.7. The van der Waals surface area contributed by atoms with Gasteiger partial charge in [-0.3, -0.25) is 19.7 Å². The molecule has 160 valence electrons. The highest BCUT2D eigenvalue weighted by Gasteiger charge is 2.37. The van der Waals surface area contributed by atoms with Crippen LogP contribution in [0.1, 0.15) is 31.1 Å². The number of carbonyl (C=O) groups excluding carboxylic acids is 3. The van der Waals surface area contributed by atoms with Crippen molar-refractivity contribution in [2.24, 2.45) is 0 Å². The van der Waals surface area contributed by atoms with E-state index >= 15 is 0 Å². The van der Waals surface area contributed by atoms with Crippen LogP contribution in [0.3, 0.4) is 0 Å². The summed E-state index contributed by atoms with van der Waals surface area (Å²) in [7, 11) is 1.43. The molecule has 7 nitrogen and oxygen atoms in total. The molecule has 0 unspecified atom stereocenters. The molecule has 2 N–H and O–H groups in total. The number of hydrogen-bond donors (Lipinski definition) is 2. The van der Waals surface area contributed by atoms with Crippen molar-refractivity contribution in [3.63, 3.8) is 0 Å². The summed E-state index contributed by atoms with van der Waals surface area (Å²) in [5.41, 5.74) is 1.76. The van der Waals surface area contributed by atoms with Gasteiger partial charge in [0, 0.05) is 11.8 Å². The molecule has 3 amide bonds. The summed E-state index contributed by atoms with van der Waals surface area (Å²) in [6, 6.07) is 18.0. The molecule has 9 heteroatoms. The van der Waals surface area contributed by atoms with Crippen LogP contribution in [0.5, 0.6) is 5.75 Å². The van der Waals surface area contributed by atoms with Crippen molar-refractivity contribution in [3.8, 4) is 5.75 Å². The Morgan fingerprint density at radius 1 is 0.969 bits per heavy atom. The second kappa shape index (κ2) is 8.78. The van der Waals surface area contributed by atoms with Crippen LogP contribution in [0.15, 0.2) is 66.7 Å². The number of thiocarbonyl (C=S) groups is 1. The van der Waals surface area contributed by atoms with Gasteiger partial charge in [-0.05, 0) is 48.6 Å². The van der Waals surface area contributed by atoms with Crippen LogP contribution in [0.4, 0.5) is 11.4 Å². The topological polar surface area (TPSA) is 87.7 Å². The Balaban J connectivity index is 1.53. The Morgan fingerprint density at radius 3 is 2.22 bits per heavy atom. The summed E-state index contributed by atoms with van der Waals surface area (Å²) in [6.07, 6.45) is 0. The predicted molar refractivity (Wildman–Crippen MR) is 126 cm³/mol. The van der Waals surface area contributed by atoms with Gasteiger partial charge >= 0.3 is 0 Å². The maximum Gasteiger partial charge on any atom is 0.266 e. The number of hydrogen-bond acceptors (Lipinski definition) is 5. The van der Waals surface area contributed by atoms with Crippen LogP contribution in [0.25, 0.3) is 0 Å². The maximum atomic E-state index is 12.8. The van der Waals surface area contributed by atoms with E-state index in [4.69, 9.17) is 28.6 Å². The summed E-state index contributed by atoms with van der Waals surface area (Å²) in [5.74, 6) is -1.02. The molecular weight excluding hydrogens is 450 g/mol.